The van der Waals surface area contributed by atoms with Crippen LogP contribution in [0.1, 0.15) is 19.5 Å². The summed E-state index contributed by atoms with van der Waals surface area (Å²) >= 11 is 1.16. The topological polar surface area (TPSA) is 100 Å². The lowest BCUT2D eigenvalue weighted by atomic mass is 10.2. The Bertz CT molecular complexity index is 902. The van der Waals surface area contributed by atoms with Crippen molar-refractivity contribution in [2.75, 3.05) is 17.2 Å². The number of hydrogen-bond donors (Lipinski definition) is 3. The Labute approximate surface area is 162 Å². The molecular formula is C17H17F3N4O3S. The van der Waals surface area contributed by atoms with Crippen molar-refractivity contribution in [3.63, 3.8) is 0 Å². The van der Waals surface area contributed by atoms with Gasteiger partial charge in [-0.05, 0) is 12.1 Å². The van der Waals surface area contributed by atoms with Crippen molar-refractivity contribution in [1.82, 2.24) is 10.3 Å². The second-order valence-electron chi connectivity index (χ2n) is 6.01. The maximum atomic E-state index is 13.5. The van der Waals surface area contributed by atoms with Gasteiger partial charge in [-0.2, -0.15) is 0 Å². The molecule has 28 heavy (non-hydrogen) atoms. The molecule has 0 radical (unpaired) electrons. The molecule has 2 rings (SSSR count). The number of benzene rings is 1. The van der Waals surface area contributed by atoms with Gasteiger partial charge in [-0.25, -0.2) is 18.2 Å². The molecule has 0 bridgehead atoms. The molecule has 3 N–H and O–H groups in total. The van der Waals surface area contributed by atoms with Crippen LogP contribution >= 0.6 is 11.3 Å². The molecule has 11 heteroatoms. The van der Waals surface area contributed by atoms with E-state index in [1.807, 2.05) is 5.32 Å². The van der Waals surface area contributed by atoms with Crippen LogP contribution in [0, 0.1) is 23.4 Å². The molecule has 0 saturated heterocycles. The van der Waals surface area contributed by atoms with E-state index in [1.165, 1.54) is 0 Å². The molecule has 3 amide bonds. The summed E-state index contributed by atoms with van der Waals surface area (Å²) in [6, 6.07) is 1.54. The Morgan fingerprint density at radius 3 is 2.46 bits per heavy atom. The molecule has 1 heterocycles. The van der Waals surface area contributed by atoms with Crippen LogP contribution in [0.15, 0.2) is 17.5 Å². The van der Waals surface area contributed by atoms with Gasteiger partial charge in [0.1, 0.15) is 0 Å². The number of nitrogens with one attached hydrogen (secondary N) is 3. The van der Waals surface area contributed by atoms with Gasteiger partial charge >= 0.3 is 0 Å². The third kappa shape index (κ3) is 5.78. The van der Waals surface area contributed by atoms with E-state index >= 15 is 0 Å². The van der Waals surface area contributed by atoms with Gasteiger partial charge in [-0.1, -0.05) is 13.8 Å². The lowest BCUT2D eigenvalue weighted by Gasteiger charge is -2.08. The highest BCUT2D eigenvalue weighted by Gasteiger charge is 2.16. The van der Waals surface area contributed by atoms with Crippen molar-refractivity contribution in [1.29, 1.82) is 0 Å². The van der Waals surface area contributed by atoms with E-state index in [4.69, 9.17) is 0 Å². The third-order valence-electron chi connectivity index (χ3n) is 3.40. The van der Waals surface area contributed by atoms with Crippen molar-refractivity contribution in [2.24, 2.45) is 5.92 Å². The van der Waals surface area contributed by atoms with Crippen molar-refractivity contribution in [3.05, 3.63) is 40.7 Å². The van der Waals surface area contributed by atoms with Crippen molar-refractivity contribution >= 4 is 39.9 Å². The monoisotopic (exact) mass is 414 g/mol. The number of hydrogen-bond acceptors (Lipinski definition) is 5. The lowest BCUT2D eigenvalue weighted by molar-refractivity contribution is -0.123. The Balaban J connectivity index is 1.82. The van der Waals surface area contributed by atoms with Crippen LogP contribution < -0.4 is 16.0 Å². The van der Waals surface area contributed by atoms with Crippen LogP contribution in [0.4, 0.5) is 24.0 Å². The predicted octanol–water partition coefficient (Wildman–Crippen LogP) is 2.45. The van der Waals surface area contributed by atoms with Crippen molar-refractivity contribution in [2.45, 2.75) is 20.3 Å². The summed E-state index contributed by atoms with van der Waals surface area (Å²) in [6.07, 6.45) is -0.138. The summed E-state index contributed by atoms with van der Waals surface area (Å²) in [5.41, 5.74) is -0.142. The summed E-state index contributed by atoms with van der Waals surface area (Å²) in [5.74, 6) is -6.38. The molecule has 0 spiro atoms. The number of rotatable bonds is 7. The largest absolute Gasteiger partial charge is 0.347 e. The van der Waals surface area contributed by atoms with Crippen LogP contribution in [0.2, 0.25) is 0 Å². The van der Waals surface area contributed by atoms with E-state index < -0.39 is 41.5 Å². The molecule has 7 nitrogen and oxygen atoms in total. The second kappa shape index (κ2) is 9.31. The summed E-state index contributed by atoms with van der Waals surface area (Å²) in [7, 11) is 0. The standard InChI is InChI=1S/C17H17F3N4O3S/c1-8(2)16(27)24-17-22-9(7-28-17)5-12(25)21-6-13(26)23-11-4-3-10(18)14(19)15(11)20/h3-4,7-8H,5-6H2,1-2H3,(H,21,25)(H,23,26)(H,22,24,27). The molecule has 0 aliphatic rings. The van der Waals surface area contributed by atoms with E-state index in [-0.39, 0.29) is 18.2 Å². The molecule has 2 aromatic rings. The summed E-state index contributed by atoms with van der Waals surface area (Å²) in [4.78, 5) is 39.3. The number of aromatic nitrogens is 1. The number of halogens is 3. The number of carbonyl (C=O) groups excluding carboxylic acids is 3. The zero-order valence-corrected chi connectivity index (χ0v) is 15.8. The smallest absolute Gasteiger partial charge is 0.243 e. The zero-order chi connectivity index (χ0) is 20.8. The zero-order valence-electron chi connectivity index (χ0n) is 14.9. The molecule has 0 aliphatic carbocycles. The number of nitrogens with zero attached hydrogens (tertiary/aromatic N) is 1. The molecule has 0 fully saturated rings. The minimum atomic E-state index is -1.70. The predicted molar refractivity (Wildman–Crippen MR) is 97.2 cm³/mol. The van der Waals surface area contributed by atoms with Gasteiger partial charge in [0.2, 0.25) is 17.7 Å². The molecular weight excluding hydrogens is 397 g/mol. The van der Waals surface area contributed by atoms with Crippen LogP contribution in [0.3, 0.4) is 0 Å². The van der Waals surface area contributed by atoms with Gasteiger partial charge < -0.3 is 16.0 Å². The SMILES string of the molecule is CC(C)C(=O)Nc1nc(CC(=O)NCC(=O)Nc2ccc(F)c(F)c2F)cs1. The average Bonchev–Trinajstić information content (AvgIpc) is 3.07. The van der Waals surface area contributed by atoms with Crippen molar-refractivity contribution < 1.29 is 27.6 Å². The molecule has 150 valence electrons. The molecule has 0 atom stereocenters. The van der Waals surface area contributed by atoms with Crippen LogP contribution in [-0.4, -0.2) is 29.3 Å². The number of thiazole rings is 1. The number of carbonyl (C=O) groups is 3. The summed E-state index contributed by atoms with van der Waals surface area (Å²) in [5, 5.41) is 8.89. The van der Waals surface area contributed by atoms with Gasteiger partial charge in [-0.15, -0.1) is 11.3 Å². The van der Waals surface area contributed by atoms with Crippen LogP contribution in [0.25, 0.3) is 0 Å². The number of anilines is 2. The van der Waals surface area contributed by atoms with E-state index in [0.29, 0.717) is 16.9 Å². The van der Waals surface area contributed by atoms with E-state index in [9.17, 15) is 27.6 Å². The first kappa shape index (κ1) is 21.4. The first-order chi connectivity index (χ1) is 13.2. The first-order valence-corrected chi connectivity index (χ1v) is 9.00. The van der Waals surface area contributed by atoms with Gasteiger partial charge in [-0.3, -0.25) is 14.4 Å². The third-order valence-corrected chi connectivity index (χ3v) is 4.21. The molecule has 0 unspecified atom stereocenters. The minimum Gasteiger partial charge on any atom is -0.347 e. The maximum absolute atomic E-state index is 13.5. The van der Waals surface area contributed by atoms with Gasteiger partial charge in [0.15, 0.2) is 22.6 Å². The van der Waals surface area contributed by atoms with E-state index in [0.717, 1.165) is 17.4 Å². The molecule has 1 aromatic heterocycles. The Morgan fingerprint density at radius 2 is 1.79 bits per heavy atom. The fourth-order valence-electron chi connectivity index (χ4n) is 1.92. The molecule has 0 aliphatic heterocycles. The fourth-order valence-corrected chi connectivity index (χ4v) is 2.63. The van der Waals surface area contributed by atoms with E-state index in [2.05, 4.69) is 15.6 Å². The fraction of sp³-hybridized carbons (Fsp3) is 0.294. The summed E-state index contributed by atoms with van der Waals surface area (Å²) in [6.45, 7) is 2.96. The maximum Gasteiger partial charge on any atom is 0.243 e. The van der Waals surface area contributed by atoms with E-state index in [1.54, 1.807) is 19.2 Å². The lowest BCUT2D eigenvalue weighted by Crippen LogP contribution is -2.34. The van der Waals surface area contributed by atoms with Crippen LogP contribution in [0.5, 0.6) is 0 Å². The Hall–Kier alpha value is -2.95. The first-order valence-electron chi connectivity index (χ1n) is 8.12. The molecule has 0 saturated carbocycles. The van der Waals surface area contributed by atoms with Crippen LogP contribution in [-0.2, 0) is 20.8 Å². The van der Waals surface area contributed by atoms with Gasteiger partial charge in [0, 0.05) is 11.3 Å². The quantitative estimate of drug-likeness (QED) is 0.606. The number of amides is 3. The minimum absolute atomic E-state index is 0.138. The highest BCUT2D eigenvalue weighted by molar-refractivity contribution is 7.13. The second-order valence-corrected chi connectivity index (χ2v) is 6.87. The Morgan fingerprint density at radius 1 is 1.07 bits per heavy atom. The average molecular weight is 414 g/mol. The van der Waals surface area contributed by atoms with Crippen molar-refractivity contribution in [3.8, 4) is 0 Å². The van der Waals surface area contributed by atoms with Gasteiger partial charge in [0.05, 0.1) is 24.3 Å². The molecule has 1 aromatic carbocycles. The van der Waals surface area contributed by atoms with Gasteiger partial charge in [0.25, 0.3) is 0 Å². The summed E-state index contributed by atoms with van der Waals surface area (Å²) < 4.78 is 39.5. The Kier molecular flexibility index (Phi) is 7.10. The highest BCUT2D eigenvalue weighted by Crippen LogP contribution is 2.19. The normalized spacial score (nSPS) is 10.6. The highest BCUT2D eigenvalue weighted by atomic mass is 32.1.